The van der Waals surface area contributed by atoms with Crippen molar-refractivity contribution in [1.29, 1.82) is 0 Å². The smallest absolute Gasteiger partial charge is 0.326 e. The average Bonchev–Trinajstić information content (AvgIpc) is 2.82. The van der Waals surface area contributed by atoms with Crippen molar-refractivity contribution >= 4 is 17.7 Å². The molecule has 0 aliphatic heterocycles. The van der Waals surface area contributed by atoms with Gasteiger partial charge in [-0.25, -0.2) is 4.98 Å². The molecule has 5 heteroatoms. The molecule has 110 valence electrons. The van der Waals surface area contributed by atoms with Crippen molar-refractivity contribution in [2.45, 2.75) is 55.0 Å². The van der Waals surface area contributed by atoms with Gasteiger partial charge >= 0.3 is 5.97 Å². The van der Waals surface area contributed by atoms with E-state index in [4.69, 9.17) is 4.74 Å². The van der Waals surface area contributed by atoms with Crippen molar-refractivity contribution in [2.24, 2.45) is 0 Å². The summed E-state index contributed by atoms with van der Waals surface area (Å²) >= 11 is 1.75. The van der Waals surface area contributed by atoms with Gasteiger partial charge in [0.25, 0.3) is 0 Å². The summed E-state index contributed by atoms with van der Waals surface area (Å²) in [7, 11) is 1.46. The zero-order valence-corrected chi connectivity index (χ0v) is 13.1. The minimum absolute atomic E-state index is 0.143. The number of thioether (sulfide) groups is 1. The summed E-state index contributed by atoms with van der Waals surface area (Å²) < 4.78 is 5.01. The van der Waals surface area contributed by atoms with E-state index in [9.17, 15) is 4.79 Å². The Labute approximate surface area is 124 Å². The molecule has 1 fully saturated rings. The van der Waals surface area contributed by atoms with E-state index in [0.717, 1.165) is 24.3 Å². The molecule has 1 saturated carbocycles. The third-order valence-electron chi connectivity index (χ3n) is 3.54. The van der Waals surface area contributed by atoms with Crippen LogP contribution >= 0.6 is 11.8 Å². The molecule has 1 N–H and O–H groups in total. The predicted molar refractivity (Wildman–Crippen MR) is 80.8 cm³/mol. The fourth-order valence-corrected chi connectivity index (χ4v) is 4.04. The van der Waals surface area contributed by atoms with Gasteiger partial charge in [-0.15, -0.1) is 11.8 Å². The largest absolute Gasteiger partial charge is 0.468 e. The zero-order chi connectivity index (χ0) is 14.6. The van der Waals surface area contributed by atoms with Crippen LogP contribution in [0.2, 0.25) is 0 Å². The lowest BCUT2D eigenvalue weighted by Gasteiger charge is -2.30. The fraction of sp³-hybridized carbons (Fsp3) is 0.600. The van der Waals surface area contributed by atoms with Gasteiger partial charge in [0.1, 0.15) is 5.54 Å². The Balaban J connectivity index is 2.05. The molecule has 4 nitrogen and oxygen atoms in total. The number of carbonyl (C=O) groups excluding carboxylic acids is 1. The normalized spacial score (nSPS) is 25.9. The highest BCUT2D eigenvalue weighted by atomic mass is 32.2. The first-order chi connectivity index (χ1) is 9.55. The SMILES string of the molecule is COC(=O)C1(NC(C)C)CCC(Sc2ccccn2)C1. The second kappa shape index (κ2) is 6.59. The number of carbonyl (C=O) groups is 1. The summed E-state index contributed by atoms with van der Waals surface area (Å²) in [6.45, 7) is 4.12. The van der Waals surface area contributed by atoms with Gasteiger partial charge in [-0.3, -0.25) is 10.1 Å². The summed E-state index contributed by atoms with van der Waals surface area (Å²) in [5, 5.41) is 4.83. The van der Waals surface area contributed by atoms with Gasteiger partial charge in [-0.05, 0) is 45.2 Å². The number of hydrogen-bond donors (Lipinski definition) is 1. The molecule has 1 aromatic rings. The zero-order valence-electron chi connectivity index (χ0n) is 12.3. The molecule has 2 unspecified atom stereocenters. The highest BCUT2D eigenvalue weighted by Crippen LogP contribution is 2.40. The molecule has 0 spiro atoms. The lowest BCUT2D eigenvalue weighted by atomic mass is 9.97. The summed E-state index contributed by atoms with van der Waals surface area (Å²) in [4.78, 5) is 16.5. The highest BCUT2D eigenvalue weighted by molar-refractivity contribution is 7.99. The van der Waals surface area contributed by atoms with Crippen molar-refractivity contribution < 1.29 is 9.53 Å². The second-order valence-corrected chi connectivity index (χ2v) is 6.84. The van der Waals surface area contributed by atoms with Crippen LogP contribution in [0.25, 0.3) is 0 Å². The first kappa shape index (κ1) is 15.3. The van der Waals surface area contributed by atoms with E-state index in [1.165, 1.54) is 7.11 Å². The van der Waals surface area contributed by atoms with Crippen LogP contribution in [0.1, 0.15) is 33.1 Å². The van der Waals surface area contributed by atoms with Gasteiger partial charge in [0.2, 0.25) is 0 Å². The van der Waals surface area contributed by atoms with Crippen LogP contribution in [0.15, 0.2) is 29.4 Å². The number of esters is 1. The molecule has 0 bridgehead atoms. The van der Waals surface area contributed by atoms with Gasteiger partial charge in [0, 0.05) is 17.5 Å². The van der Waals surface area contributed by atoms with E-state index in [2.05, 4.69) is 24.1 Å². The van der Waals surface area contributed by atoms with Crippen LogP contribution in [0.3, 0.4) is 0 Å². The van der Waals surface area contributed by atoms with Crippen LogP contribution in [0.4, 0.5) is 0 Å². The molecule has 1 heterocycles. The number of nitrogens with zero attached hydrogens (tertiary/aromatic N) is 1. The van der Waals surface area contributed by atoms with Gasteiger partial charge in [-0.2, -0.15) is 0 Å². The van der Waals surface area contributed by atoms with Gasteiger partial charge in [0.05, 0.1) is 12.1 Å². The summed E-state index contributed by atoms with van der Waals surface area (Å²) in [6.07, 6.45) is 4.41. The Morgan fingerprint density at radius 1 is 1.55 bits per heavy atom. The minimum atomic E-state index is -0.532. The molecule has 0 amide bonds. The quantitative estimate of drug-likeness (QED) is 0.846. The molecule has 0 saturated heterocycles. The number of pyridine rings is 1. The van der Waals surface area contributed by atoms with Crippen molar-refractivity contribution in [3.8, 4) is 0 Å². The lowest BCUT2D eigenvalue weighted by molar-refractivity contribution is -0.148. The molecule has 2 atom stereocenters. The molecular formula is C15H22N2O2S. The van der Waals surface area contributed by atoms with Crippen molar-refractivity contribution in [1.82, 2.24) is 10.3 Å². The Hall–Kier alpha value is -1.07. The van der Waals surface area contributed by atoms with E-state index < -0.39 is 5.54 Å². The minimum Gasteiger partial charge on any atom is -0.468 e. The molecule has 1 aliphatic rings. The summed E-state index contributed by atoms with van der Waals surface area (Å²) in [5.41, 5.74) is -0.532. The van der Waals surface area contributed by atoms with Gasteiger partial charge in [0.15, 0.2) is 0 Å². The highest BCUT2D eigenvalue weighted by Gasteiger charge is 2.46. The number of ether oxygens (including phenoxy) is 1. The Kier molecular flexibility index (Phi) is 5.05. The van der Waals surface area contributed by atoms with E-state index in [0.29, 0.717) is 5.25 Å². The summed E-state index contributed by atoms with van der Waals surface area (Å²) in [5.74, 6) is -0.143. The monoisotopic (exact) mass is 294 g/mol. The fourth-order valence-electron chi connectivity index (χ4n) is 2.81. The predicted octanol–water partition coefficient (Wildman–Crippen LogP) is 2.64. The standard InChI is InChI=1S/C15H22N2O2S/c1-11(2)17-15(14(18)19-3)8-7-12(10-15)20-13-6-4-5-9-16-13/h4-6,9,11-12,17H,7-8,10H2,1-3H3. The third-order valence-corrected chi connectivity index (χ3v) is 4.75. The average molecular weight is 294 g/mol. The molecule has 2 rings (SSSR count). The number of hydrogen-bond acceptors (Lipinski definition) is 5. The number of rotatable bonds is 5. The van der Waals surface area contributed by atoms with Gasteiger partial charge < -0.3 is 4.74 Å². The van der Waals surface area contributed by atoms with Crippen LogP contribution < -0.4 is 5.32 Å². The first-order valence-electron chi connectivity index (χ1n) is 6.99. The Morgan fingerprint density at radius 3 is 2.95 bits per heavy atom. The van der Waals surface area contributed by atoms with E-state index in [-0.39, 0.29) is 12.0 Å². The third kappa shape index (κ3) is 3.52. The number of aromatic nitrogens is 1. The van der Waals surface area contributed by atoms with E-state index in [1.807, 2.05) is 18.2 Å². The van der Waals surface area contributed by atoms with Crippen molar-refractivity contribution in [2.75, 3.05) is 7.11 Å². The van der Waals surface area contributed by atoms with Crippen LogP contribution in [0, 0.1) is 0 Å². The molecule has 20 heavy (non-hydrogen) atoms. The molecule has 0 radical (unpaired) electrons. The maximum Gasteiger partial charge on any atom is 0.326 e. The molecular weight excluding hydrogens is 272 g/mol. The number of nitrogens with one attached hydrogen (secondary N) is 1. The van der Waals surface area contributed by atoms with Crippen LogP contribution in [0.5, 0.6) is 0 Å². The Morgan fingerprint density at radius 2 is 2.35 bits per heavy atom. The number of methoxy groups -OCH3 is 1. The molecule has 1 aromatic heterocycles. The maximum atomic E-state index is 12.2. The summed E-state index contributed by atoms with van der Waals surface area (Å²) in [6, 6.07) is 6.17. The van der Waals surface area contributed by atoms with Crippen molar-refractivity contribution in [3.05, 3.63) is 24.4 Å². The lowest BCUT2D eigenvalue weighted by Crippen LogP contribution is -2.53. The topological polar surface area (TPSA) is 51.2 Å². The van der Waals surface area contributed by atoms with Crippen LogP contribution in [-0.4, -0.2) is 34.9 Å². The van der Waals surface area contributed by atoms with Crippen LogP contribution in [-0.2, 0) is 9.53 Å². The van der Waals surface area contributed by atoms with E-state index >= 15 is 0 Å². The first-order valence-corrected chi connectivity index (χ1v) is 7.87. The van der Waals surface area contributed by atoms with Crippen molar-refractivity contribution in [3.63, 3.8) is 0 Å². The van der Waals surface area contributed by atoms with Gasteiger partial charge in [-0.1, -0.05) is 6.07 Å². The maximum absolute atomic E-state index is 12.2. The molecule has 0 aromatic carbocycles. The van der Waals surface area contributed by atoms with E-state index in [1.54, 1.807) is 18.0 Å². The Bertz CT molecular complexity index is 452. The second-order valence-electron chi connectivity index (χ2n) is 5.52. The molecule has 1 aliphatic carbocycles.